The van der Waals surface area contributed by atoms with Crippen molar-refractivity contribution < 1.29 is 23.2 Å². The van der Waals surface area contributed by atoms with Gasteiger partial charge >= 0.3 is 0 Å². The van der Waals surface area contributed by atoms with Crippen LogP contribution in [0.4, 0.5) is 0 Å². The summed E-state index contributed by atoms with van der Waals surface area (Å²) in [6, 6.07) is 9.12. The van der Waals surface area contributed by atoms with E-state index in [2.05, 4.69) is 9.71 Å². The summed E-state index contributed by atoms with van der Waals surface area (Å²) in [5.74, 6) is -0.123. The van der Waals surface area contributed by atoms with Crippen LogP contribution in [0.25, 0.3) is 0 Å². The van der Waals surface area contributed by atoms with Crippen LogP contribution in [0.3, 0.4) is 0 Å². The third-order valence-electron chi connectivity index (χ3n) is 4.92. The summed E-state index contributed by atoms with van der Waals surface area (Å²) >= 11 is 0. The second kappa shape index (κ2) is 11.9. The molecule has 0 unspecified atom stereocenters. The van der Waals surface area contributed by atoms with Crippen molar-refractivity contribution in [1.82, 2.24) is 20.1 Å². The summed E-state index contributed by atoms with van der Waals surface area (Å²) in [6.45, 7) is 8.98. The maximum atomic E-state index is 12.7. The van der Waals surface area contributed by atoms with Crippen molar-refractivity contribution in [2.75, 3.05) is 19.6 Å². The third kappa shape index (κ3) is 7.27. The van der Waals surface area contributed by atoms with Gasteiger partial charge in [-0.05, 0) is 75.3 Å². The molecule has 1 aromatic carbocycles. The molecular weight excluding hydrogens is 432 g/mol. The van der Waals surface area contributed by atoms with Gasteiger partial charge in [0.1, 0.15) is 18.4 Å². The Balaban J connectivity index is 2.04. The predicted molar refractivity (Wildman–Crippen MR) is 121 cm³/mol. The number of carbonyl (C=O) groups is 1. The topological polar surface area (TPSA) is 121 Å². The smallest absolute Gasteiger partial charge is 0.262 e. The number of sulfonamides is 1. The number of hydrogen-bond donors (Lipinski definition) is 3. The van der Waals surface area contributed by atoms with Gasteiger partial charge in [0, 0.05) is 17.9 Å². The number of rotatable bonds is 12. The lowest BCUT2D eigenvalue weighted by Crippen LogP contribution is -2.52. The highest BCUT2D eigenvalue weighted by atomic mass is 32.2. The van der Waals surface area contributed by atoms with Gasteiger partial charge in [-0.25, -0.2) is 18.6 Å². The highest BCUT2D eigenvalue weighted by molar-refractivity contribution is 7.89. The van der Waals surface area contributed by atoms with Crippen molar-refractivity contribution in [1.29, 1.82) is 0 Å². The fraction of sp³-hybridized carbons (Fsp3) is 0.455. The van der Waals surface area contributed by atoms with Crippen LogP contribution in [0.15, 0.2) is 41.3 Å². The van der Waals surface area contributed by atoms with Gasteiger partial charge in [-0.15, -0.1) is 0 Å². The quantitative estimate of drug-likeness (QED) is 0.325. The number of amides is 1. The van der Waals surface area contributed by atoms with Gasteiger partial charge in [-0.3, -0.25) is 19.9 Å². The Morgan fingerprint density at radius 3 is 2.31 bits per heavy atom. The number of aromatic nitrogens is 1. The average molecular weight is 465 g/mol. The molecule has 2 aromatic rings. The zero-order valence-corrected chi connectivity index (χ0v) is 19.8. The molecule has 0 aliphatic rings. The SMILES string of the molecule is CCCN(CC)[C@@H](CNS(=O)(=O)c1ccc(OCc2cc(C)nc(C)c2)cc1)C(=O)NO. The van der Waals surface area contributed by atoms with Crippen molar-refractivity contribution in [2.24, 2.45) is 0 Å². The summed E-state index contributed by atoms with van der Waals surface area (Å²) in [5.41, 5.74) is 4.42. The van der Waals surface area contributed by atoms with Crippen LogP contribution >= 0.6 is 0 Å². The first-order chi connectivity index (χ1) is 15.2. The van der Waals surface area contributed by atoms with Crippen LogP contribution < -0.4 is 14.9 Å². The largest absolute Gasteiger partial charge is 0.489 e. The number of benzene rings is 1. The van der Waals surface area contributed by atoms with E-state index in [1.807, 2.05) is 39.8 Å². The van der Waals surface area contributed by atoms with Crippen molar-refractivity contribution in [3.05, 3.63) is 53.3 Å². The van der Waals surface area contributed by atoms with Crippen molar-refractivity contribution >= 4 is 15.9 Å². The average Bonchev–Trinajstić information content (AvgIpc) is 2.76. The summed E-state index contributed by atoms with van der Waals surface area (Å²) in [7, 11) is -3.85. The van der Waals surface area contributed by atoms with E-state index < -0.39 is 22.0 Å². The summed E-state index contributed by atoms with van der Waals surface area (Å²) in [4.78, 5) is 18.2. The molecule has 2 rings (SSSR count). The molecule has 3 N–H and O–H groups in total. The maximum absolute atomic E-state index is 12.7. The van der Waals surface area contributed by atoms with E-state index in [9.17, 15) is 13.2 Å². The maximum Gasteiger partial charge on any atom is 0.262 e. The lowest BCUT2D eigenvalue weighted by molar-refractivity contribution is -0.134. The number of carbonyl (C=O) groups excluding carboxylic acids is 1. The van der Waals surface area contributed by atoms with Gasteiger partial charge in [0.2, 0.25) is 10.0 Å². The minimum atomic E-state index is -3.85. The van der Waals surface area contributed by atoms with Gasteiger partial charge in [0.15, 0.2) is 0 Å². The van der Waals surface area contributed by atoms with Gasteiger partial charge in [-0.2, -0.15) is 0 Å². The summed E-state index contributed by atoms with van der Waals surface area (Å²) in [6.07, 6.45) is 0.788. The molecule has 0 fully saturated rings. The van der Waals surface area contributed by atoms with E-state index in [-0.39, 0.29) is 11.4 Å². The molecule has 10 heteroatoms. The summed E-state index contributed by atoms with van der Waals surface area (Å²) < 4.78 is 33.6. The first-order valence-corrected chi connectivity index (χ1v) is 12.0. The van der Waals surface area contributed by atoms with Crippen LogP contribution in [0.1, 0.15) is 37.2 Å². The fourth-order valence-corrected chi connectivity index (χ4v) is 4.48. The molecular formula is C22H32N4O5S. The van der Waals surface area contributed by atoms with E-state index in [4.69, 9.17) is 9.94 Å². The van der Waals surface area contributed by atoms with Gasteiger partial charge in [-0.1, -0.05) is 13.8 Å². The predicted octanol–water partition coefficient (Wildman–Crippen LogP) is 2.16. The lowest BCUT2D eigenvalue weighted by atomic mass is 10.2. The van der Waals surface area contributed by atoms with Crippen molar-refractivity contribution in [3.8, 4) is 5.75 Å². The number of hydroxylamine groups is 1. The van der Waals surface area contributed by atoms with E-state index in [1.165, 1.54) is 12.1 Å². The Morgan fingerprint density at radius 1 is 1.16 bits per heavy atom. The Labute approximate surface area is 189 Å². The number of ether oxygens (including phenoxy) is 1. The fourth-order valence-electron chi connectivity index (χ4n) is 3.44. The molecule has 0 aliphatic heterocycles. The zero-order chi connectivity index (χ0) is 23.7. The van der Waals surface area contributed by atoms with Crippen LogP contribution in [-0.4, -0.2) is 55.1 Å². The number of aryl methyl sites for hydroxylation is 2. The van der Waals surface area contributed by atoms with Crippen LogP contribution in [0.5, 0.6) is 5.75 Å². The monoisotopic (exact) mass is 464 g/mol. The second-order valence-corrected chi connectivity index (χ2v) is 9.26. The summed E-state index contributed by atoms with van der Waals surface area (Å²) in [5, 5.41) is 9.04. The van der Waals surface area contributed by atoms with E-state index in [1.54, 1.807) is 22.5 Å². The first-order valence-electron chi connectivity index (χ1n) is 10.5. The first kappa shape index (κ1) is 25.7. The van der Waals surface area contributed by atoms with E-state index >= 15 is 0 Å². The minimum absolute atomic E-state index is 0.0575. The zero-order valence-electron chi connectivity index (χ0n) is 19.0. The third-order valence-corrected chi connectivity index (χ3v) is 6.36. The second-order valence-electron chi connectivity index (χ2n) is 7.49. The molecule has 1 amide bonds. The molecule has 32 heavy (non-hydrogen) atoms. The van der Waals surface area contributed by atoms with E-state index in [0.717, 1.165) is 23.4 Å². The van der Waals surface area contributed by atoms with Crippen LogP contribution in [0.2, 0.25) is 0 Å². The lowest BCUT2D eigenvalue weighted by Gasteiger charge is -2.28. The molecule has 0 aliphatic carbocycles. The van der Waals surface area contributed by atoms with Crippen molar-refractivity contribution in [3.63, 3.8) is 0 Å². The van der Waals surface area contributed by atoms with Gasteiger partial charge in [0.25, 0.3) is 5.91 Å². The number of likely N-dealkylation sites (N-methyl/N-ethyl adjacent to an activating group) is 1. The molecule has 1 atom stereocenters. The van der Waals surface area contributed by atoms with Crippen molar-refractivity contribution in [2.45, 2.75) is 51.7 Å². The number of nitrogens with zero attached hydrogens (tertiary/aromatic N) is 2. The molecule has 0 saturated carbocycles. The normalized spacial score (nSPS) is 12.6. The molecule has 0 bridgehead atoms. The molecule has 1 heterocycles. The number of hydrogen-bond acceptors (Lipinski definition) is 7. The van der Waals surface area contributed by atoms with E-state index in [0.29, 0.717) is 25.4 Å². The molecule has 9 nitrogen and oxygen atoms in total. The molecule has 1 aromatic heterocycles. The number of nitrogens with one attached hydrogen (secondary N) is 2. The Bertz CT molecular complexity index is 976. The Morgan fingerprint density at radius 2 is 1.78 bits per heavy atom. The van der Waals surface area contributed by atoms with Crippen LogP contribution in [-0.2, 0) is 21.4 Å². The highest BCUT2D eigenvalue weighted by Crippen LogP contribution is 2.18. The minimum Gasteiger partial charge on any atom is -0.489 e. The van der Waals surface area contributed by atoms with Gasteiger partial charge < -0.3 is 4.74 Å². The molecule has 0 radical (unpaired) electrons. The number of pyridine rings is 1. The molecule has 0 spiro atoms. The highest BCUT2D eigenvalue weighted by Gasteiger charge is 2.26. The standard InChI is InChI=1S/C22H32N4O5S/c1-5-11-26(6-2)21(22(27)25-28)14-23-32(29,30)20-9-7-19(8-10-20)31-15-18-12-16(3)24-17(4)13-18/h7-10,12-13,21,23,28H,5-6,11,14-15H2,1-4H3,(H,25,27)/t21-/m0/s1. The van der Waals surface area contributed by atoms with Gasteiger partial charge in [0.05, 0.1) is 4.90 Å². The molecule has 176 valence electrons. The Kier molecular flexibility index (Phi) is 9.58. The Hall–Kier alpha value is -2.53. The van der Waals surface area contributed by atoms with Crippen LogP contribution in [0, 0.1) is 13.8 Å². The molecule has 0 saturated heterocycles.